The van der Waals surface area contributed by atoms with Crippen molar-refractivity contribution in [2.75, 3.05) is 18.8 Å². The van der Waals surface area contributed by atoms with Gasteiger partial charge in [0.1, 0.15) is 23.2 Å². The first-order valence-corrected chi connectivity index (χ1v) is 14.5. The summed E-state index contributed by atoms with van der Waals surface area (Å²) in [6.45, 7) is 1.91. The zero-order chi connectivity index (χ0) is 29.8. The van der Waals surface area contributed by atoms with Gasteiger partial charge in [-0.1, -0.05) is 12.1 Å². The van der Waals surface area contributed by atoms with Crippen LogP contribution in [0.25, 0.3) is 38.5 Å². The van der Waals surface area contributed by atoms with Crippen LogP contribution < -0.4 is 16.4 Å². The smallest absolute Gasteiger partial charge is 0.252 e. The fourth-order valence-corrected chi connectivity index (χ4v) is 5.68. The number of pyridine rings is 2. The van der Waals surface area contributed by atoms with E-state index < -0.39 is 5.82 Å². The highest BCUT2D eigenvalue weighted by atomic mass is 32.1. The monoisotopic (exact) mass is 591 g/mol. The number of hydrogen-bond acceptors (Lipinski definition) is 9. The van der Waals surface area contributed by atoms with Crippen molar-refractivity contribution in [3.8, 4) is 23.1 Å². The molecule has 4 aromatic heterocycles. The molecule has 6 rings (SSSR count). The van der Waals surface area contributed by atoms with Crippen LogP contribution in [0, 0.1) is 17.1 Å². The van der Waals surface area contributed by atoms with Crippen LogP contribution >= 0.6 is 11.3 Å². The lowest BCUT2D eigenvalue weighted by Gasteiger charge is -2.11. The highest BCUT2D eigenvalue weighted by Crippen LogP contribution is 2.30. The van der Waals surface area contributed by atoms with E-state index in [4.69, 9.17) is 16.0 Å². The van der Waals surface area contributed by atoms with Crippen molar-refractivity contribution in [3.63, 3.8) is 0 Å². The largest absolute Gasteiger partial charge is 0.383 e. The summed E-state index contributed by atoms with van der Waals surface area (Å²) < 4.78 is 16.5. The van der Waals surface area contributed by atoms with Crippen molar-refractivity contribution in [2.24, 2.45) is 0 Å². The average Bonchev–Trinajstić information content (AvgIpc) is 3.62. The van der Waals surface area contributed by atoms with E-state index in [1.54, 1.807) is 12.4 Å². The van der Waals surface area contributed by atoms with Crippen LogP contribution in [0.1, 0.15) is 33.8 Å². The van der Waals surface area contributed by atoms with Crippen molar-refractivity contribution in [2.45, 2.75) is 19.4 Å². The van der Waals surface area contributed by atoms with E-state index in [1.807, 2.05) is 47.0 Å². The number of carbonyl (C=O) groups is 1. The molecule has 43 heavy (non-hydrogen) atoms. The number of carbonyl (C=O) groups excluding carboxylic acids is 1. The van der Waals surface area contributed by atoms with Crippen LogP contribution in [0.3, 0.4) is 0 Å². The minimum atomic E-state index is -0.557. The highest BCUT2D eigenvalue weighted by Gasteiger charge is 2.18. The Balaban J connectivity index is 1.02. The highest BCUT2D eigenvalue weighted by molar-refractivity contribution is 7.19. The van der Waals surface area contributed by atoms with Gasteiger partial charge in [0.2, 0.25) is 0 Å². The number of anilines is 1. The number of nitrogens with two attached hydrogens (primary N) is 1. The number of nitrogen functional groups attached to an aromatic ring is 1. The van der Waals surface area contributed by atoms with E-state index in [-0.39, 0.29) is 16.5 Å². The number of nitriles is 1. The van der Waals surface area contributed by atoms with Gasteiger partial charge in [-0.25, -0.2) is 24.3 Å². The van der Waals surface area contributed by atoms with Crippen LogP contribution in [0.2, 0.25) is 0 Å². The molecule has 0 atom stereocenters. The number of halogens is 1. The number of amides is 1. The van der Waals surface area contributed by atoms with Crippen molar-refractivity contribution in [1.82, 2.24) is 35.1 Å². The van der Waals surface area contributed by atoms with Crippen LogP contribution in [0.4, 0.5) is 10.2 Å². The molecule has 0 unspecified atom stereocenters. The molecular formula is C31H26FN9OS. The van der Waals surface area contributed by atoms with E-state index in [1.165, 1.54) is 12.1 Å². The molecule has 10 nitrogen and oxygen atoms in total. The summed E-state index contributed by atoms with van der Waals surface area (Å²) in [6.07, 6.45) is 5.00. The maximum absolute atomic E-state index is 14.0. The summed E-state index contributed by atoms with van der Waals surface area (Å²) in [6, 6.07) is 20.1. The van der Waals surface area contributed by atoms with Gasteiger partial charge in [-0.05, 0) is 67.4 Å². The number of nitrogens with one attached hydrogen (secondary N) is 2. The number of thiazole rings is 1. The lowest BCUT2D eigenvalue weighted by atomic mass is 10.1. The zero-order valence-electron chi connectivity index (χ0n) is 22.9. The Morgan fingerprint density at radius 3 is 2.60 bits per heavy atom. The second kappa shape index (κ2) is 12.3. The summed E-state index contributed by atoms with van der Waals surface area (Å²) in [5.41, 5.74) is 11.0. The quantitative estimate of drug-likeness (QED) is 0.189. The number of benzene rings is 2. The van der Waals surface area contributed by atoms with Gasteiger partial charge >= 0.3 is 0 Å². The molecule has 4 heterocycles. The molecule has 6 aromatic rings. The summed E-state index contributed by atoms with van der Waals surface area (Å²) >= 11 is 1.08. The topological polar surface area (TPSA) is 147 Å². The number of rotatable bonds is 10. The van der Waals surface area contributed by atoms with Crippen LogP contribution in [-0.4, -0.2) is 43.5 Å². The van der Waals surface area contributed by atoms with Gasteiger partial charge in [-0.3, -0.25) is 9.36 Å². The molecule has 1 amide bonds. The molecule has 2 aromatic carbocycles. The van der Waals surface area contributed by atoms with E-state index in [9.17, 15) is 9.18 Å². The Bertz CT molecular complexity index is 1980. The molecule has 0 fully saturated rings. The van der Waals surface area contributed by atoms with Gasteiger partial charge in [0.05, 0.1) is 21.3 Å². The number of hydrogen-bond donors (Lipinski definition) is 3. The molecule has 0 radical (unpaired) electrons. The lowest BCUT2D eigenvalue weighted by Crippen LogP contribution is -2.25. The Labute approximate surface area is 250 Å². The predicted molar refractivity (Wildman–Crippen MR) is 164 cm³/mol. The molecule has 0 saturated carbocycles. The Morgan fingerprint density at radius 2 is 1.79 bits per heavy atom. The number of fused-ring (bicyclic) bond motifs is 2. The van der Waals surface area contributed by atoms with Crippen LogP contribution in [0.15, 0.2) is 73.1 Å². The maximum Gasteiger partial charge on any atom is 0.252 e. The third-order valence-electron chi connectivity index (χ3n) is 6.88. The third-order valence-corrected chi connectivity index (χ3v) is 7.89. The van der Waals surface area contributed by atoms with Gasteiger partial charge in [-0.2, -0.15) is 5.26 Å². The van der Waals surface area contributed by atoms with Gasteiger partial charge in [0, 0.05) is 37.2 Å². The van der Waals surface area contributed by atoms with Crippen molar-refractivity contribution in [1.29, 1.82) is 5.26 Å². The first-order chi connectivity index (χ1) is 21.0. The Kier molecular flexibility index (Phi) is 7.99. The minimum absolute atomic E-state index is 0.197. The lowest BCUT2D eigenvalue weighted by molar-refractivity contribution is 0.0954. The molecule has 0 aliphatic heterocycles. The van der Waals surface area contributed by atoms with Crippen molar-refractivity contribution in [3.05, 3.63) is 95.0 Å². The van der Waals surface area contributed by atoms with Crippen LogP contribution in [-0.2, 0) is 6.54 Å². The molecule has 4 N–H and O–H groups in total. The standard InChI is InChI=1S/C31H26FN9OS/c32-20-15-23(27-25(16-20)39-26(17-33)43-27)31(42)38-12-2-1-11-35-18-19-7-9-21(10-8-19)41-29(22-5-3-13-36-28(22)34)40-24-6-4-14-37-30(24)41/h3-10,13-16,35H,1-2,11-12,18H2,(H2,34,36)(H,38,42). The number of aromatic nitrogens is 5. The van der Waals surface area contributed by atoms with E-state index in [0.717, 1.165) is 58.7 Å². The predicted octanol–water partition coefficient (Wildman–Crippen LogP) is 4.98. The maximum atomic E-state index is 14.0. The first kappa shape index (κ1) is 27.9. The zero-order valence-corrected chi connectivity index (χ0v) is 23.7. The average molecular weight is 592 g/mol. The second-order valence-corrected chi connectivity index (χ2v) is 10.8. The number of nitrogens with zero attached hydrogens (tertiary/aromatic N) is 6. The number of unbranched alkanes of at least 4 members (excludes halogenated alkanes) is 1. The number of imidazole rings is 1. The Morgan fingerprint density at radius 1 is 1.00 bits per heavy atom. The summed E-state index contributed by atoms with van der Waals surface area (Å²) in [4.78, 5) is 30.3. The van der Waals surface area contributed by atoms with Crippen molar-refractivity contribution < 1.29 is 9.18 Å². The third kappa shape index (κ3) is 5.90. The fourth-order valence-electron chi connectivity index (χ4n) is 4.83. The molecule has 0 aliphatic rings. The summed E-state index contributed by atoms with van der Waals surface area (Å²) in [7, 11) is 0. The van der Waals surface area contributed by atoms with E-state index >= 15 is 0 Å². The molecular weight excluding hydrogens is 565 g/mol. The summed E-state index contributed by atoms with van der Waals surface area (Å²) in [5, 5.41) is 15.6. The molecule has 0 aliphatic carbocycles. The minimum Gasteiger partial charge on any atom is -0.383 e. The Hall–Kier alpha value is -5.25. The fraction of sp³-hybridized carbons (Fsp3) is 0.161. The van der Waals surface area contributed by atoms with E-state index in [2.05, 4.69) is 37.7 Å². The molecule has 0 bridgehead atoms. The second-order valence-electron chi connectivity index (χ2n) is 9.79. The summed E-state index contributed by atoms with van der Waals surface area (Å²) in [5.74, 6) is 0.150. The van der Waals surface area contributed by atoms with Gasteiger partial charge in [0.15, 0.2) is 16.5 Å². The van der Waals surface area contributed by atoms with E-state index in [0.29, 0.717) is 34.9 Å². The first-order valence-electron chi connectivity index (χ1n) is 13.6. The normalized spacial score (nSPS) is 11.2. The molecule has 0 spiro atoms. The molecule has 12 heteroatoms. The van der Waals surface area contributed by atoms with Gasteiger partial charge in [-0.15, -0.1) is 11.3 Å². The van der Waals surface area contributed by atoms with Gasteiger partial charge in [0.25, 0.3) is 5.91 Å². The van der Waals surface area contributed by atoms with Crippen LogP contribution in [0.5, 0.6) is 0 Å². The molecule has 214 valence electrons. The molecule has 0 saturated heterocycles. The SMILES string of the molecule is N#Cc1nc2cc(F)cc(C(=O)NCCCCNCc3ccc(-n4c(-c5cccnc5N)nc5cccnc54)cc3)c2s1. The van der Waals surface area contributed by atoms with Gasteiger partial charge < -0.3 is 16.4 Å². The van der Waals surface area contributed by atoms with Crippen molar-refractivity contribution >= 4 is 44.4 Å².